The van der Waals surface area contributed by atoms with Gasteiger partial charge in [0, 0.05) is 37.8 Å². The molecule has 2 fully saturated rings. The first-order chi connectivity index (χ1) is 12.8. The Morgan fingerprint density at radius 2 is 1.74 bits per heavy atom. The van der Waals surface area contributed by atoms with Gasteiger partial charge in [-0.1, -0.05) is 6.42 Å². The minimum absolute atomic E-state index is 0.00637. The summed E-state index contributed by atoms with van der Waals surface area (Å²) in [7, 11) is -3.48. The van der Waals surface area contributed by atoms with Gasteiger partial charge in [-0.25, -0.2) is 8.42 Å². The smallest absolute Gasteiger partial charge is 0.243 e. The van der Waals surface area contributed by atoms with Crippen molar-refractivity contribution in [2.45, 2.75) is 50.5 Å². The van der Waals surface area contributed by atoms with Crippen LogP contribution in [0.4, 0.5) is 5.69 Å². The van der Waals surface area contributed by atoms with Gasteiger partial charge < -0.3 is 10.2 Å². The summed E-state index contributed by atoms with van der Waals surface area (Å²) in [6.07, 6.45) is 3.06. The summed E-state index contributed by atoms with van der Waals surface area (Å²) >= 11 is 0. The average Bonchev–Trinajstić information content (AvgIpc) is 3.05. The zero-order valence-electron chi connectivity index (χ0n) is 15.8. The molecule has 27 heavy (non-hydrogen) atoms. The van der Waals surface area contributed by atoms with Crippen LogP contribution in [-0.4, -0.2) is 55.1 Å². The molecule has 0 spiro atoms. The van der Waals surface area contributed by atoms with Crippen LogP contribution in [0.1, 0.15) is 39.5 Å². The number of nitrogens with one attached hydrogen (secondary N) is 1. The first kappa shape index (κ1) is 19.8. The van der Waals surface area contributed by atoms with Crippen LogP contribution in [-0.2, 0) is 19.6 Å². The first-order valence-electron chi connectivity index (χ1n) is 9.49. The number of nitrogens with zero attached hydrogens (tertiary/aromatic N) is 2. The molecule has 0 bridgehead atoms. The third kappa shape index (κ3) is 4.32. The first-order valence-corrected chi connectivity index (χ1v) is 10.9. The molecule has 0 saturated carbocycles. The van der Waals surface area contributed by atoms with E-state index in [0.29, 0.717) is 25.3 Å². The summed E-state index contributed by atoms with van der Waals surface area (Å²) in [5, 5.41) is 2.80. The predicted octanol–water partition coefficient (Wildman–Crippen LogP) is 2.06. The summed E-state index contributed by atoms with van der Waals surface area (Å²) in [5.74, 6) is -0.595. The Morgan fingerprint density at radius 1 is 1.11 bits per heavy atom. The second-order valence-electron chi connectivity index (χ2n) is 7.52. The van der Waals surface area contributed by atoms with E-state index in [9.17, 15) is 18.0 Å². The van der Waals surface area contributed by atoms with Crippen molar-refractivity contribution in [3.05, 3.63) is 24.3 Å². The fourth-order valence-corrected chi connectivity index (χ4v) is 5.13. The lowest BCUT2D eigenvalue weighted by Crippen LogP contribution is -2.35. The maximum absolute atomic E-state index is 12.7. The number of carbonyl (C=O) groups is 2. The van der Waals surface area contributed by atoms with Crippen molar-refractivity contribution in [1.82, 2.24) is 9.21 Å². The molecule has 0 aromatic heterocycles. The molecule has 0 radical (unpaired) electrons. The zero-order valence-corrected chi connectivity index (χ0v) is 16.7. The Labute approximate surface area is 160 Å². The molecule has 2 amide bonds. The number of hydrogen-bond donors (Lipinski definition) is 1. The Hall–Kier alpha value is -1.93. The molecule has 0 aliphatic carbocycles. The molecule has 2 saturated heterocycles. The molecule has 0 unspecified atom stereocenters. The van der Waals surface area contributed by atoms with Gasteiger partial charge in [0.2, 0.25) is 21.8 Å². The summed E-state index contributed by atoms with van der Waals surface area (Å²) in [6, 6.07) is 6.34. The zero-order chi connectivity index (χ0) is 19.6. The van der Waals surface area contributed by atoms with Crippen LogP contribution in [0.3, 0.4) is 0 Å². The third-order valence-corrected chi connectivity index (χ3v) is 7.14. The molecule has 1 atom stereocenters. The number of rotatable bonds is 5. The van der Waals surface area contributed by atoms with Crippen LogP contribution in [0.25, 0.3) is 0 Å². The van der Waals surface area contributed by atoms with Crippen LogP contribution < -0.4 is 5.32 Å². The molecular weight excluding hydrogens is 366 g/mol. The molecule has 8 heteroatoms. The molecule has 2 aliphatic rings. The van der Waals surface area contributed by atoms with E-state index in [1.165, 1.54) is 16.4 Å². The monoisotopic (exact) mass is 393 g/mol. The summed E-state index contributed by atoms with van der Waals surface area (Å²) in [6.45, 7) is 5.40. The van der Waals surface area contributed by atoms with Crippen LogP contribution in [0.2, 0.25) is 0 Å². The van der Waals surface area contributed by atoms with Crippen LogP contribution >= 0.6 is 0 Å². The molecule has 1 aromatic rings. The maximum atomic E-state index is 12.7. The number of piperidine rings is 1. The molecule has 148 valence electrons. The lowest BCUT2D eigenvalue weighted by molar-refractivity contribution is -0.129. The van der Waals surface area contributed by atoms with E-state index in [1.54, 1.807) is 17.0 Å². The molecule has 1 aromatic carbocycles. The average molecular weight is 394 g/mol. The highest BCUT2D eigenvalue weighted by atomic mass is 32.2. The molecule has 2 aliphatic heterocycles. The number of likely N-dealkylation sites (tertiary alicyclic amines) is 1. The highest BCUT2D eigenvalue weighted by Gasteiger charge is 2.35. The van der Waals surface area contributed by atoms with Crippen LogP contribution in [0.15, 0.2) is 29.2 Å². The Kier molecular flexibility index (Phi) is 5.86. The third-order valence-electron chi connectivity index (χ3n) is 5.23. The van der Waals surface area contributed by atoms with Crippen molar-refractivity contribution in [2.24, 2.45) is 5.92 Å². The lowest BCUT2D eigenvalue weighted by Gasteiger charge is -2.25. The maximum Gasteiger partial charge on any atom is 0.243 e. The topological polar surface area (TPSA) is 86.8 Å². The quantitative estimate of drug-likeness (QED) is 0.830. The fraction of sp³-hybridized carbons (Fsp3) is 0.579. The van der Waals surface area contributed by atoms with E-state index >= 15 is 0 Å². The predicted molar refractivity (Wildman–Crippen MR) is 103 cm³/mol. The van der Waals surface area contributed by atoms with Gasteiger partial charge >= 0.3 is 0 Å². The van der Waals surface area contributed by atoms with E-state index in [0.717, 1.165) is 19.3 Å². The van der Waals surface area contributed by atoms with Gasteiger partial charge in [-0.05, 0) is 51.0 Å². The minimum Gasteiger partial charge on any atom is -0.339 e. The van der Waals surface area contributed by atoms with Gasteiger partial charge in [0.05, 0.1) is 10.8 Å². The Morgan fingerprint density at radius 3 is 2.30 bits per heavy atom. The summed E-state index contributed by atoms with van der Waals surface area (Å²) in [4.78, 5) is 26.4. The molecule has 2 heterocycles. The van der Waals surface area contributed by atoms with Crippen molar-refractivity contribution in [3.8, 4) is 0 Å². The lowest BCUT2D eigenvalue weighted by atomic mass is 10.1. The second-order valence-corrected chi connectivity index (χ2v) is 9.46. The number of sulfonamides is 1. The van der Waals surface area contributed by atoms with Crippen molar-refractivity contribution < 1.29 is 18.0 Å². The van der Waals surface area contributed by atoms with E-state index < -0.39 is 10.0 Å². The SMILES string of the molecule is CC(C)N1C[C@H](C(=O)Nc2ccc(S(=O)(=O)N3CCCCC3)cc2)CC1=O. The van der Waals surface area contributed by atoms with Gasteiger partial charge in [-0.15, -0.1) is 0 Å². The van der Waals surface area contributed by atoms with E-state index in [-0.39, 0.29) is 35.1 Å². The van der Waals surface area contributed by atoms with Crippen LogP contribution in [0.5, 0.6) is 0 Å². The van der Waals surface area contributed by atoms with Crippen molar-refractivity contribution >= 4 is 27.5 Å². The van der Waals surface area contributed by atoms with Crippen molar-refractivity contribution in [1.29, 1.82) is 0 Å². The standard InChI is InChI=1S/C19H27N3O4S/c1-14(2)22-13-15(12-18(22)23)19(24)20-16-6-8-17(9-7-16)27(25,26)21-10-4-3-5-11-21/h6-9,14-15H,3-5,10-13H2,1-2H3,(H,20,24)/t15-/m1/s1. The normalized spacial score (nSPS) is 21.7. The fourth-order valence-electron chi connectivity index (χ4n) is 3.62. The summed E-state index contributed by atoms with van der Waals surface area (Å²) < 4.78 is 26.8. The van der Waals surface area contributed by atoms with Gasteiger partial charge in [-0.3, -0.25) is 9.59 Å². The summed E-state index contributed by atoms with van der Waals surface area (Å²) in [5.41, 5.74) is 0.535. The molecule has 1 N–H and O–H groups in total. The highest BCUT2D eigenvalue weighted by Crippen LogP contribution is 2.24. The number of benzene rings is 1. The number of amides is 2. The second kappa shape index (κ2) is 7.98. The van der Waals surface area contributed by atoms with Crippen LogP contribution in [0, 0.1) is 5.92 Å². The molecule has 3 rings (SSSR count). The van der Waals surface area contributed by atoms with Gasteiger partial charge in [0.15, 0.2) is 0 Å². The Balaban J connectivity index is 1.64. The molecule has 7 nitrogen and oxygen atoms in total. The van der Waals surface area contributed by atoms with E-state index in [4.69, 9.17) is 0 Å². The minimum atomic E-state index is -3.48. The van der Waals surface area contributed by atoms with Crippen molar-refractivity contribution in [3.63, 3.8) is 0 Å². The Bertz CT molecular complexity index is 799. The van der Waals surface area contributed by atoms with Gasteiger partial charge in [0.1, 0.15) is 0 Å². The number of anilines is 1. The van der Waals surface area contributed by atoms with Gasteiger partial charge in [0.25, 0.3) is 0 Å². The van der Waals surface area contributed by atoms with Crippen molar-refractivity contribution in [2.75, 3.05) is 25.0 Å². The number of carbonyl (C=O) groups excluding carboxylic acids is 2. The molecular formula is C19H27N3O4S. The number of hydrogen-bond acceptors (Lipinski definition) is 4. The van der Waals surface area contributed by atoms with Gasteiger partial charge in [-0.2, -0.15) is 4.31 Å². The van der Waals surface area contributed by atoms with E-state index in [2.05, 4.69) is 5.32 Å². The highest BCUT2D eigenvalue weighted by molar-refractivity contribution is 7.89. The largest absolute Gasteiger partial charge is 0.339 e. The van der Waals surface area contributed by atoms with E-state index in [1.807, 2.05) is 13.8 Å².